The fourth-order valence-corrected chi connectivity index (χ4v) is 5.92. The molecule has 0 unspecified atom stereocenters. The molecule has 8 nitrogen and oxygen atoms in total. The molecule has 5 rings (SSSR count). The summed E-state index contributed by atoms with van der Waals surface area (Å²) in [5.41, 5.74) is 2.40. The molecular weight excluding hydrogens is 502 g/mol. The Morgan fingerprint density at radius 1 is 1.05 bits per heavy atom. The molecule has 1 N–H and O–H groups in total. The molecular formula is C26H22F2N4O4S. The lowest BCUT2D eigenvalue weighted by Gasteiger charge is -2.14. The van der Waals surface area contributed by atoms with Crippen LogP contribution in [0.5, 0.6) is 0 Å². The maximum absolute atomic E-state index is 14.6. The Hall–Kier alpha value is -4.12. The van der Waals surface area contributed by atoms with Gasteiger partial charge in [-0.25, -0.2) is 17.2 Å². The number of halogens is 2. The van der Waals surface area contributed by atoms with E-state index in [0.717, 1.165) is 12.1 Å². The van der Waals surface area contributed by atoms with Gasteiger partial charge < -0.3 is 5.32 Å². The number of anilines is 2. The largest absolute Gasteiger partial charge is 0.350 e. The number of aryl methyl sites for hydroxylation is 1. The van der Waals surface area contributed by atoms with Crippen molar-refractivity contribution in [1.82, 2.24) is 9.78 Å². The van der Waals surface area contributed by atoms with Crippen molar-refractivity contribution in [3.63, 3.8) is 0 Å². The third kappa shape index (κ3) is 5.36. The molecule has 0 amide bonds. The highest BCUT2D eigenvalue weighted by Crippen LogP contribution is 2.36. The minimum atomic E-state index is -3.40. The van der Waals surface area contributed by atoms with Gasteiger partial charge in [0.25, 0.3) is 5.69 Å². The van der Waals surface area contributed by atoms with E-state index in [0.29, 0.717) is 40.8 Å². The van der Waals surface area contributed by atoms with Crippen LogP contribution in [0, 0.1) is 21.7 Å². The molecule has 1 aliphatic carbocycles. The number of aromatic nitrogens is 2. The third-order valence-corrected chi connectivity index (χ3v) is 8.37. The average Bonchev–Trinajstić information content (AvgIpc) is 3.61. The fraction of sp³-hybridized carbons (Fsp3) is 0.192. The van der Waals surface area contributed by atoms with Gasteiger partial charge >= 0.3 is 0 Å². The number of rotatable bonds is 8. The van der Waals surface area contributed by atoms with Gasteiger partial charge in [-0.2, -0.15) is 5.10 Å². The van der Waals surface area contributed by atoms with Gasteiger partial charge in [0.1, 0.15) is 17.3 Å². The van der Waals surface area contributed by atoms with Crippen molar-refractivity contribution in [3.05, 3.63) is 94.3 Å². The van der Waals surface area contributed by atoms with E-state index in [2.05, 4.69) is 10.4 Å². The fourth-order valence-electron chi connectivity index (χ4n) is 4.20. The van der Waals surface area contributed by atoms with Crippen molar-refractivity contribution in [2.75, 3.05) is 5.32 Å². The Bertz CT molecular complexity index is 1630. The number of nitrogens with zero attached hydrogens (tertiary/aromatic N) is 3. The first-order chi connectivity index (χ1) is 17.6. The summed E-state index contributed by atoms with van der Waals surface area (Å²) in [5.74, 6) is -1.80. The summed E-state index contributed by atoms with van der Waals surface area (Å²) in [7, 11) is -1.66. The maximum Gasteiger partial charge on any atom is 0.293 e. The van der Waals surface area contributed by atoms with Crippen LogP contribution in [-0.4, -0.2) is 28.4 Å². The van der Waals surface area contributed by atoms with Crippen LogP contribution in [0.4, 0.5) is 25.8 Å². The van der Waals surface area contributed by atoms with Gasteiger partial charge in [0, 0.05) is 42.2 Å². The highest BCUT2D eigenvalue weighted by molar-refractivity contribution is 7.91. The van der Waals surface area contributed by atoms with Crippen LogP contribution >= 0.6 is 0 Å². The molecule has 190 valence electrons. The molecule has 1 saturated carbocycles. The zero-order valence-electron chi connectivity index (χ0n) is 19.7. The van der Waals surface area contributed by atoms with Gasteiger partial charge in [-0.3, -0.25) is 14.8 Å². The van der Waals surface area contributed by atoms with Crippen molar-refractivity contribution in [2.24, 2.45) is 7.05 Å². The Balaban J connectivity index is 1.56. The van der Waals surface area contributed by atoms with Crippen LogP contribution in [0.25, 0.3) is 22.3 Å². The van der Waals surface area contributed by atoms with Crippen LogP contribution in [0.1, 0.15) is 18.4 Å². The van der Waals surface area contributed by atoms with Crippen LogP contribution in [0.3, 0.4) is 0 Å². The van der Waals surface area contributed by atoms with E-state index in [-0.39, 0.29) is 22.7 Å². The Morgan fingerprint density at radius 2 is 1.84 bits per heavy atom. The summed E-state index contributed by atoms with van der Waals surface area (Å²) in [4.78, 5) is 11.4. The second-order valence-electron chi connectivity index (χ2n) is 9.07. The number of benzene rings is 3. The molecule has 0 spiro atoms. The molecule has 1 aromatic heterocycles. The average molecular weight is 525 g/mol. The summed E-state index contributed by atoms with van der Waals surface area (Å²) in [6.45, 7) is 0. The van der Waals surface area contributed by atoms with E-state index in [4.69, 9.17) is 0 Å². The predicted octanol–water partition coefficient (Wildman–Crippen LogP) is 5.76. The van der Waals surface area contributed by atoms with Crippen molar-refractivity contribution < 1.29 is 22.1 Å². The highest BCUT2D eigenvalue weighted by atomic mass is 32.2. The SMILES string of the molecule is Cn1cc(-c2ccc(Nc3cc(CS(=O)(=O)C4CC4)cc(-c4ccc(F)cc4F)c3)c([N+](=O)[O-])c2)cn1. The first-order valence-electron chi connectivity index (χ1n) is 11.4. The van der Waals surface area contributed by atoms with Crippen LogP contribution in [-0.2, 0) is 22.6 Å². The number of nitrogens with one attached hydrogen (secondary N) is 1. The predicted molar refractivity (Wildman–Crippen MR) is 136 cm³/mol. The van der Waals surface area contributed by atoms with E-state index >= 15 is 0 Å². The molecule has 4 aromatic rings. The van der Waals surface area contributed by atoms with Crippen LogP contribution < -0.4 is 5.32 Å². The van der Waals surface area contributed by atoms with Gasteiger partial charge in [0.2, 0.25) is 0 Å². The quantitative estimate of drug-likeness (QED) is 0.232. The molecule has 1 heterocycles. The molecule has 3 aromatic carbocycles. The zero-order chi connectivity index (χ0) is 26.3. The van der Waals surface area contributed by atoms with E-state index in [9.17, 15) is 27.3 Å². The van der Waals surface area contributed by atoms with Gasteiger partial charge in [0.15, 0.2) is 9.84 Å². The van der Waals surface area contributed by atoms with Crippen molar-refractivity contribution in [1.29, 1.82) is 0 Å². The monoisotopic (exact) mass is 524 g/mol. The van der Waals surface area contributed by atoms with Gasteiger partial charge in [-0.1, -0.05) is 6.07 Å². The lowest BCUT2D eigenvalue weighted by molar-refractivity contribution is -0.383. The van der Waals surface area contributed by atoms with Gasteiger partial charge in [0.05, 0.1) is 22.1 Å². The first kappa shape index (κ1) is 24.6. The van der Waals surface area contributed by atoms with E-state index in [1.807, 2.05) is 0 Å². The molecule has 0 radical (unpaired) electrons. The van der Waals surface area contributed by atoms with Crippen molar-refractivity contribution >= 4 is 26.9 Å². The van der Waals surface area contributed by atoms with E-state index in [1.165, 1.54) is 12.1 Å². The summed E-state index contributed by atoms with van der Waals surface area (Å²) >= 11 is 0. The zero-order valence-corrected chi connectivity index (χ0v) is 20.5. The smallest absolute Gasteiger partial charge is 0.293 e. The normalized spacial score (nSPS) is 13.5. The molecule has 0 saturated heterocycles. The topological polar surface area (TPSA) is 107 Å². The molecule has 0 atom stereocenters. The Labute approximate surface area is 211 Å². The van der Waals surface area contributed by atoms with E-state index in [1.54, 1.807) is 54.5 Å². The van der Waals surface area contributed by atoms with Gasteiger partial charge in [-0.05, 0) is 65.9 Å². The second-order valence-corrected chi connectivity index (χ2v) is 11.3. The minimum Gasteiger partial charge on any atom is -0.350 e. The number of sulfone groups is 1. The number of nitro benzene ring substituents is 1. The Kier molecular flexibility index (Phi) is 6.24. The van der Waals surface area contributed by atoms with Crippen molar-refractivity contribution in [3.8, 4) is 22.3 Å². The van der Waals surface area contributed by atoms with Gasteiger partial charge in [-0.15, -0.1) is 0 Å². The number of nitro groups is 1. The van der Waals surface area contributed by atoms with Crippen molar-refractivity contribution in [2.45, 2.75) is 23.8 Å². The second kappa shape index (κ2) is 9.40. The first-order valence-corrected chi connectivity index (χ1v) is 13.2. The summed E-state index contributed by atoms with van der Waals surface area (Å²) in [6, 6.07) is 12.5. The Morgan fingerprint density at radius 3 is 2.49 bits per heavy atom. The molecule has 1 fully saturated rings. The van der Waals surface area contributed by atoms with Crippen LogP contribution in [0.2, 0.25) is 0 Å². The highest BCUT2D eigenvalue weighted by Gasteiger charge is 2.35. The molecule has 0 bridgehead atoms. The molecule has 11 heteroatoms. The number of hydrogen-bond donors (Lipinski definition) is 1. The summed E-state index contributed by atoms with van der Waals surface area (Å²) < 4.78 is 55.0. The number of hydrogen-bond acceptors (Lipinski definition) is 6. The third-order valence-electron chi connectivity index (χ3n) is 6.15. The minimum absolute atomic E-state index is 0.0801. The molecule has 37 heavy (non-hydrogen) atoms. The molecule has 0 aliphatic heterocycles. The summed E-state index contributed by atoms with van der Waals surface area (Å²) in [6.07, 6.45) is 4.54. The van der Waals surface area contributed by atoms with Crippen LogP contribution in [0.15, 0.2) is 67.0 Å². The summed E-state index contributed by atoms with van der Waals surface area (Å²) in [5, 5.41) is 18.6. The standard InChI is InChI=1S/C26H22F2N4O4S/c1-31-14-19(13-29-31)17-2-7-25(26(11-17)32(33)34)30-21-9-16(15-37(35,36)22-4-5-22)8-18(10-21)23-6-3-20(27)12-24(23)28/h2-3,6-14,22,30H,4-5,15H2,1H3. The maximum atomic E-state index is 14.6. The van der Waals surface area contributed by atoms with E-state index < -0.39 is 31.6 Å². The molecule has 1 aliphatic rings. The lowest BCUT2D eigenvalue weighted by atomic mass is 10.0. The lowest BCUT2D eigenvalue weighted by Crippen LogP contribution is -2.10.